The van der Waals surface area contributed by atoms with Gasteiger partial charge in [-0.1, -0.05) is 109 Å². The second-order valence-corrected chi connectivity index (χ2v) is 38.4. The van der Waals surface area contributed by atoms with Gasteiger partial charge < -0.3 is 77.7 Å². The molecule has 35 heteroatoms. The smallest absolute Gasteiger partial charge is 0.319 e. The van der Waals surface area contributed by atoms with Crippen LogP contribution in [-0.4, -0.2) is 246 Å². The van der Waals surface area contributed by atoms with Crippen LogP contribution in [0.2, 0.25) is 15.1 Å². The fraction of sp³-hybridized carbons (Fsp3) is 0.465. The highest BCUT2D eigenvalue weighted by molar-refractivity contribution is 6.38. The molecule has 2 bridgehead atoms. The van der Waals surface area contributed by atoms with Gasteiger partial charge in [-0.25, -0.2) is 46.1 Å². The number of piperazine rings is 3. The van der Waals surface area contributed by atoms with Crippen molar-refractivity contribution in [1.29, 1.82) is 0 Å². The van der Waals surface area contributed by atoms with E-state index < -0.39 is 70.8 Å². The molecule has 0 radical (unpaired) electrons. The lowest BCUT2D eigenvalue weighted by molar-refractivity contribution is -0.131. The van der Waals surface area contributed by atoms with Gasteiger partial charge in [0, 0.05) is 147 Å². The Morgan fingerprint density at radius 3 is 1.17 bits per heavy atom. The third-order valence-corrected chi connectivity index (χ3v) is 29.7. The van der Waals surface area contributed by atoms with E-state index in [4.69, 9.17) is 98.6 Å². The van der Waals surface area contributed by atoms with Gasteiger partial charge in [-0.3, -0.25) is 19.3 Å². The fourth-order valence-corrected chi connectivity index (χ4v) is 22.4. The molecule has 7 atom stereocenters. The molecule has 136 heavy (non-hydrogen) atoms. The molecule has 0 N–H and O–H groups in total. The number of fused-ring (bicyclic) bond motifs is 9. The van der Waals surface area contributed by atoms with Crippen molar-refractivity contribution in [2.24, 2.45) is 11.8 Å². The third kappa shape index (κ3) is 20.1. The summed E-state index contributed by atoms with van der Waals surface area (Å²) in [6.45, 7) is 44.3. The van der Waals surface area contributed by atoms with E-state index in [0.29, 0.717) is 149 Å². The zero-order valence-corrected chi connectivity index (χ0v) is 79.0. The average Bonchev–Trinajstić information content (AvgIpc) is 0.963. The second-order valence-electron chi connectivity index (χ2n) is 37.3. The molecule has 0 spiro atoms. The zero-order valence-electron chi connectivity index (χ0n) is 76.7. The van der Waals surface area contributed by atoms with E-state index in [1.165, 1.54) is 45.7 Å². The fourth-order valence-electron chi connectivity index (χ4n) is 21.6. The van der Waals surface area contributed by atoms with E-state index in [9.17, 15) is 40.7 Å². The van der Waals surface area contributed by atoms with Crippen molar-refractivity contribution in [2.45, 2.75) is 165 Å². The number of ether oxygens (including phenoxy) is 3. The number of likely N-dealkylation sites (tertiary alicyclic amines) is 1. The first-order chi connectivity index (χ1) is 65.6. The summed E-state index contributed by atoms with van der Waals surface area (Å²) in [6.07, 6.45) is 12.5. The summed E-state index contributed by atoms with van der Waals surface area (Å²) in [5.41, 5.74) is 7.81. The maximum Gasteiger partial charge on any atom is 0.319 e. The number of hydrogen-bond donors (Lipinski definition) is 0. The highest BCUT2D eigenvalue weighted by Gasteiger charge is 2.44. The largest absolute Gasteiger partial charge is 0.460 e. The average molecular weight is 1920 g/mol. The van der Waals surface area contributed by atoms with Gasteiger partial charge in [0.2, 0.25) is 19.6 Å². The summed E-state index contributed by atoms with van der Waals surface area (Å²) >= 11 is 19.5. The van der Waals surface area contributed by atoms with Crippen molar-refractivity contribution in [3.05, 3.63) is 229 Å². The number of halogens is 9. The molecule has 4 aliphatic carbocycles. The first-order valence-corrected chi connectivity index (χ1v) is 47.9. The summed E-state index contributed by atoms with van der Waals surface area (Å²) in [5.74, 6) is -3.51. The van der Waals surface area contributed by atoms with E-state index in [0.717, 1.165) is 137 Å². The number of amides is 3. The van der Waals surface area contributed by atoms with Crippen LogP contribution in [0.15, 0.2) is 128 Å². The first-order valence-electron chi connectivity index (χ1n) is 46.8. The first kappa shape index (κ1) is 95.7. The molecule has 4 saturated heterocycles. The van der Waals surface area contributed by atoms with Gasteiger partial charge in [0.05, 0.1) is 51.8 Å². The molecule has 9 aromatic rings. The van der Waals surface area contributed by atoms with Crippen LogP contribution in [0.25, 0.3) is 46.9 Å². The monoisotopic (exact) mass is 1920 g/mol. The Balaban J connectivity index is 0.000000142. The van der Waals surface area contributed by atoms with E-state index in [-0.39, 0.29) is 90.7 Å². The second kappa shape index (κ2) is 41.5. The predicted molar refractivity (Wildman–Crippen MR) is 516 cm³/mol. The number of rotatable bonds is 20. The number of piperidine rings is 1. The molecule has 712 valence electrons. The summed E-state index contributed by atoms with van der Waals surface area (Å²) in [6, 6.07) is 26.8. The molecule has 11 aliphatic rings. The molecular weight excluding hydrogens is 1810 g/mol. The van der Waals surface area contributed by atoms with Crippen molar-refractivity contribution in [3.8, 4) is 18.0 Å². The molecule has 6 aromatic carbocycles. The molecule has 4 saturated carbocycles. The molecule has 2 unspecified atom stereocenters. The van der Waals surface area contributed by atoms with Crippen LogP contribution in [0.4, 0.5) is 60.9 Å². The van der Waals surface area contributed by atoms with Gasteiger partial charge in [0.1, 0.15) is 71.3 Å². The van der Waals surface area contributed by atoms with Crippen LogP contribution in [0.3, 0.4) is 0 Å². The van der Waals surface area contributed by atoms with Crippen molar-refractivity contribution in [3.63, 3.8) is 0 Å². The Hall–Kier alpha value is -12.0. The highest BCUT2D eigenvalue weighted by Crippen LogP contribution is 2.47. The summed E-state index contributed by atoms with van der Waals surface area (Å²) in [7, 11) is 4.09. The topological polar surface area (TPSA) is 205 Å². The number of carbonyl (C=O) groups excluding carboxylic acids is 3. The number of benzene rings is 6. The summed E-state index contributed by atoms with van der Waals surface area (Å²) in [4.78, 5) is 99.5. The maximum atomic E-state index is 14.6. The minimum absolute atomic E-state index is 0.0327. The van der Waals surface area contributed by atoms with Gasteiger partial charge in [-0.2, -0.15) is 29.9 Å². The number of likely N-dealkylation sites (N-methyl/N-ethyl adjacent to an activating group) is 1. The van der Waals surface area contributed by atoms with Crippen LogP contribution in [-0.2, 0) is 53.3 Å². The van der Waals surface area contributed by atoms with Gasteiger partial charge in [0.25, 0.3) is 17.7 Å². The molecule has 3 aromatic heterocycles. The summed E-state index contributed by atoms with van der Waals surface area (Å²) in [5, 5.41) is 4.83. The standard InChI is InChI=1S/C34H38ClF2N7O2.C34H35ClF2N6O2.C33H36ClF2N7O2/c1-21(2)41-13-6-8-25(19-41)46-34-39-28-20-42(29-9-5-7-23-10-11-27(37)31(35)30(23)29)14-12-26(28)32(40-34)43-15-16-44(33(45)22(3)36)24(18-43)17-38-4;1-20(36)33(44)43-15-14-42(18-24(43)17-38-2)32-25-12-13-41(28-5-3-4-23-10-11-26(37)31(35)30(23)28)19-27(25)39-34(40-32)45-29-16-21-6-8-22(29)9-7-21;1-20(35)32(44)43-16-15-42(18-22(43)17-37-2)31-23-13-14-41(27-9-5-7-21-11-12-24(36)30(34)29(21)27)19-25(23)38-33(39-31)45-28-10-6-8-26(28)40(3)4/h5,7,9-11,21,24-25H,3,6,8,12-20H2,1-2H3;3-5,10-11,21-22,24,29H,1,6-9,12-19H2;5,7,9,11-12,22,26,28H,1,6,8,10,13-19H2,3-4H3/t24-,25?;21?,22?,24-,29?;22-,26-,28-/m000/s1. The van der Waals surface area contributed by atoms with Gasteiger partial charge in [-0.15, -0.1) is 0 Å². The number of aromatic nitrogens is 6. The van der Waals surface area contributed by atoms with Crippen molar-refractivity contribution in [2.75, 3.05) is 155 Å². The lowest BCUT2D eigenvalue weighted by Gasteiger charge is -2.42. The summed E-state index contributed by atoms with van der Waals surface area (Å²) < 4.78 is 105. The van der Waals surface area contributed by atoms with Crippen molar-refractivity contribution in [1.82, 2.24) is 54.4 Å². The number of hydrogen-bond acceptors (Lipinski definition) is 20. The third-order valence-electron chi connectivity index (χ3n) is 28.6. The molecule has 26 nitrogen and oxygen atoms in total. The molecular formula is C101H109Cl3F6N20O6. The van der Waals surface area contributed by atoms with Crippen LogP contribution >= 0.6 is 34.8 Å². The Kier molecular flexibility index (Phi) is 29.2. The van der Waals surface area contributed by atoms with Crippen molar-refractivity contribution < 1.29 is 54.9 Å². The Labute approximate surface area is 802 Å². The normalized spacial score (nSPS) is 22.1. The molecule has 8 fully saturated rings. The number of anilines is 6. The number of nitrogens with zero attached hydrogens (tertiary/aromatic N) is 20. The van der Waals surface area contributed by atoms with Gasteiger partial charge in [0.15, 0.2) is 17.5 Å². The van der Waals surface area contributed by atoms with E-state index in [1.54, 1.807) is 18.2 Å². The predicted octanol–water partition coefficient (Wildman–Crippen LogP) is 17.3. The van der Waals surface area contributed by atoms with Crippen molar-refractivity contribution >= 4 is 119 Å². The minimum atomic E-state index is -1.03. The van der Waals surface area contributed by atoms with Crippen LogP contribution in [0.5, 0.6) is 18.0 Å². The zero-order chi connectivity index (χ0) is 95.6. The Bertz CT molecular complexity index is 6030. The molecule has 10 heterocycles. The quantitative estimate of drug-likeness (QED) is 0.0395. The molecule has 7 aliphatic heterocycles. The van der Waals surface area contributed by atoms with Gasteiger partial charge in [-0.05, 0) is 182 Å². The van der Waals surface area contributed by atoms with E-state index in [1.807, 2.05) is 68.7 Å². The SMILES string of the molecule is [C-]#[N+]C[C@H]1CN(c2nc(OC3CC4CCC3CC4)nc3c2CCN(c2cccc4ccc(F)c(Cl)c24)C3)CCN1C(=O)C(=C)F.[C-]#[N+]C[C@H]1CN(c2nc(OC3CCCN(C(C)C)C3)nc3c2CCN(c2cccc4ccc(F)c(Cl)c24)C3)CCN1C(=O)C(=C)F.[C-]#[N+]C[C@H]1CN(c2nc(O[C@H]3CCC[C@@H]3N(C)C)nc3c2CCN(c2cccc4ccc(F)c(Cl)c24)C3)CCN1C(=O)C(=C)F. The van der Waals surface area contributed by atoms with Crippen LogP contribution in [0, 0.1) is 49.0 Å². The number of carbonyl (C=O) groups is 3. The lowest BCUT2D eigenvalue weighted by atomic mass is 9.69. The Morgan fingerprint density at radius 1 is 0.449 bits per heavy atom. The Morgan fingerprint density at radius 2 is 0.824 bits per heavy atom. The van der Waals surface area contributed by atoms with E-state index in [2.05, 4.69) is 87.3 Å². The molecule has 20 rings (SSSR count). The molecule has 3 amide bonds. The minimum Gasteiger partial charge on any atom is -0.460 e. The highest BCUT2D eigenvalue weighted by atomic mass is 35.5. The van der Waals surface area contributed by atoms with Gasteiger partial charge >= 0.3 is 18.0 Å². The van der Waals surface area contributed by atoms with Crippen LogP contribution < -0.4 is 43.6 Å². The maximum absolute atomic E-state index is 14.6. The lowest BCUT2D eigenvalue weighted by Crippen LogP contribution is -2.57. The van der Waals surface area contributed by atoms with E-state index >= 15 is 0 Å². The van der Waals surface area contributed by atoms with Crippen LogP contribution in [0.1, 0.15) is 112 Å².